The van der Waals surface area contributed by atoms with Crippen LogP contribution in [-0.4, -0.2) is 11.0 Å². The Hall–Kier alpha value is -1.87. The van der Waals surface area contributed by atoms with Crippen molar-refractivity contribution in [1.29, 1.82) is 0 Å². The fourth-order valence-corrected chi connectivity index (χ4v) is 4.15. The molecule has 140 valence electrons. The molecule has 1 aromatic heterocycles. The standard InChI is InChI=1S/C17H9Cl2F3N2OS2/c18-11-6-5-8(7-10(11)17(20,21)22)23-16(26)24-15(25)14-13(19)9-3-1-2-4-12(9)27-14/h1-7H,(H2,23,24,25,26). The van der Waals surface area contributed by atoms with Crippen molar-refractivity contribution >= 4 is 73.5 Å². The van der Waals surface area contributed by atoms with Gasteiger partial charge >= 0.3 is 6.18 Å². The van der Waals surface area contributed by atoms with Crippen LogP contribution in [0.4, 0.5) is 18.9 Å². The summed E-state index contributed by atoms with van der Waals surface area (Å²) in [6, 6.07) is 10.5. The highest BCUT2D eigenvalue weighted by Crippen LogP contribution is 2.36. The third kappa shape index (κ3) is 4.35. The molecule has 3 aromatic rings. The molecule has 27 heavy (non-hydrogen) atoms. The van der Waals surface area contributed by atoms with E-state index in [1.165, 1.54) is 17.4 Å². The Labute approximate surface area is 171 Å². The van der Waals surface area contributed by atoms with Gasteiger partial charge in [0.2, 0.25) is 0 Å². The number of rotatable bonds is 2. The summed E-state index contributed by atoms with van der Waals surface area (Å²) < 4.78 is 39.6. The molecule has 0 aliphatic heterocycles. The van der Waals surface area contributed by atoms with Gasteiger partial charge in [-0.05, 0) is 36.5 Å². The lowest BCUT2D eigenvalue weighted by atomic mass is 10.2. The van der Waals surface area contributed by atoms with Gasteiger partial charge in [0.1, 0.15) is 4.88 Å². The van der Waals surface area contributed by atoms with Crippen molar-refractivity contribution in [3.63, 3.8) is 0 Å². The first-order valence-corrected chi connectivity index (χ1v) is 9.31. The molecule has 0 aliphatic carbocycles. The van der Waals surface area contributed by atoms with Crippen LogP contribution in [0.1, 0.15) is 15.2 Å². The number of anilines is 1. The van der Waals surface area contributed by atoms with Crippen molar-refractivity contribution in [1.82, 2.24) is 5.32 Å². The molecule has 0 unspecified atom stereocenters. The Morgan fingerprint density at radius 3 is 2.48 bits per heavy atom. The lowest BCUT2D eigenvalue weighted by Crippen LogP contribution is -2.33. The number of hydrogen-bond donors (Lipinski definition) is 2. The number of benzene rings is 2. The topological polar surface area (TPSA) is 41.1 Å². The van der Waals surface area contributed by atoms with E-state index in [2.05, 4.69) is 10.6 Å². The summed E-state index contributed by atoms with van der Waals surface area (Å²) >= 11 is 18.0. The van der Waals surface area contributed by atoms with Gasteiger partial charge in [-0.25, -0.2) is 0 Å². The maximum absolute atomic E-state index is 12.9. The molecular weight excluding hydrogens is 440 g/mol. The highest BCUT2D eigenvalue weighted by molar-refractivity contribution is 7.80. The molecule has 0 fully saturated rings. The molecule has 0 aliphatic rings. The van der Waals surface area contributed by atoms with Crippen LogP contribution >= 0.6 is 46.8 Å². The van der Waals surface area contributed by atoms with Crippen molar-refractivity contribution in [2.45, 2.75) is 6.18 Å². The minimum atomic E-state index is -4.61. The summed E-state index contributed by atoms with van der Waals surface area (Å²) in [5, 5.41) is 5.39. The fraction of sp³-hybridized carbons (Fsp3) is 0.0588. The molecule has 1 amide bonds. The van der Waals surface area contributed by atoms with Crippen LogP contribution in [0.25, 0.3) is 10.1 Å². The molecule has 2 N–H and O–H groups in total. The highest BCUT2D eigenvalue weighted by atomic mass is 35.5. The number of nitrogens with one attached hydrogen (secondary N) is 2. The second-order valence-electron chi connectivity index (χ2n) is 5.34. The van der Waals surface area contributed by atoms with Gasteiger partial charge in [0.15, 0.2) is 5.11 Å². The second-order valence-corrected chi connectivity index (χ2v) is 7.59. The van der Waals surface area contributed by atoms with Gasteiger partial charge in [-0.3, -0.25) is 10.1 Å². The number of alkyl halides is 3. The van der Waals surface area contributed by atoms with Crippen molar-refractivity contribution in [2.24, 2.45) is 0 Å². The zero-order valence-electron chi connectivity index (χ0n) is 13.2. The monoisotopic (exact) mass is 448 g/mol. The molecule has 0 atom stereocenters. The summed E-state index contributed by atoms with van der Waals surface area (Å²) in [6.45, 7) is 0. The quantitative estimate of drug-likeness (QED) is 0.448. The van der Waals surface area contributed by atoms with Crippen molar-refractivity contribution in [3.05, 3.63) is 63.0 Å². The number of amides is 1. The van der Waals surface area contributed by atoms with Crippen molar-refractivity contribution in [2.75, 3.05) is 5.32 Å². The van der Waals surface area contributed by atoms with E-state index in [9.17, 15) is 18.0 Å². The average molecular weight is 449 g/mol. The Morgan fingerprint density at radius 2 is 1.81 bits per heavy atom. The Bertz CT molecular complexity index is 1050. The largest absolute Gasteiger partial charge is 0.417 e. The van der Waals surface area contributed by atoms with E-state index in [-0.39, 0.29) is 15.7 Å². The van der Waals surface area contributed by atoms with E-state index < -0.39 is 22.7 Å². The molecule has 1 heterocycles. The second kappa shape index (κ2) is 7.63. The summed E-state index contributed by atoms with van der Waals surface area (Å²) in [5.74, 6) is -0.552. The molecule has 0 spiro atoms. The highest BCUT2D eigenvalue weighted by Gasteiger charge is 2.33. The van der Waals surface area contributed by atoms with Gasteiger partial charge in [0, 0.05) is 15.8 Å². The third-order valence-corrected chi connectivity index (χ3v) is 5.71. The average Bonchev–Trinajstić information content (AvgIpc) is 2.93. The Morgan fingerprint density at radius 1 is 1.11 bits per heavy atom. The molecule has 10 heteroatoms. The molecule has 0 bridgehead atoms. The number of fused-ring (bicyclic) bond motifs is 1. The maximum Gasteiger partial charge on any atom is 0.417 e. The molecule has 2 aromatic carbocycles. The molecular formula is C17H9Cl2F3N2OS2. The van der Waals surface area contributed by atoms with Gasteiger partial charge < -0.3 is 5.32 Å². The van der Waals surface area contributed by atoms with E-state index in [4.69, 9.17) is 35.4 Å². The number of thiocarbonyl (C=S) groups is 1. The number of carbonyl (C=O) groups is 1. The van der Waals surface area contributed by atoms with Crippen molar-refractivity contribution in [3.8, 4) is 0 Å². The minimum absolute atomic E-state index is 0.0412. The zero-order chi connectivity index (χ0) is 19.8. The SMILES string of the molecule is O=C(NC(=S)Nc1ccc(Cl)c(C(F)(F)F)c1)c1sc2ccccc2c1Cl. The van der Waals surface area contributed by atoms with Crippen LogP contribution < -0.4 is 10.6 Å². The number of hydrogen-bond acceptors (Lipinski definition) is 3. The van der Waals surface area contributed by atoms with Crippen LogP contribution in [-0.2, 0) is 6.18 Å². The van der Waals surface area contributed by atoms with Gasteiger partial charge in [0.05, 0.1) is 15.6 Å². The summed E-state index contributed by atoms with van der Waals surface area (Å²) in [4.78, 5) is 12.7. The lowest BCUT2D eigenvalue weighted by Gasteiger charge is -2.13. The van der Waals surface area contributed by atoms with Crippen molar-refractivity contribution < 1.29 is 18.0 Å². The van der Waals surface area contributed by atoms with Crippen LogP contribution in [0.3, 0.4) is 0 Å². The molecule has 3 nitrogen and oxygen atoms in total. The predicted octanol–water partition coefficient (Wildman–Crippen LogP) is 6.35. The van der Waals surface area contributed by atoms with Crippen LogP contribution in [0, 0.1) is 0 Å². The van der Waals surface area contributed by atoms with Gasteiger partial charge in [-0.1, -0.05) is 41.4 Å². The predicted molar refractivity (Wildman–Crippen MR) is 107 cm³/mol. The fourth-order valence-electron chi connectivity index (χ4n) is 2.30. The van der Waals surface area contributed by atoms with Gasteiger partial charge in [-0.15, -0.1) is 11.3 Å². The molecule has 0 radical (unpaired) electrons. The van der Waals surface area contributed by atoms with Crippen LogP contribution in [0.2, 0.25) is 10.0 Å². The van der Waals surface area contributed by atoms with E-state index >= 15 is 0 Å². The summed E-state index contributed by atoms with van der Waals surface area (Å²) in [7, 11) is 0. The minimum Gasteiger partial charge on any atom is -0.332 e. The number of thiophene rings is 1. The normalized spacial score (nSPS) is 11.4. The zero-order valence-corrected chi connectivity index (χ0v) is 16.3. The maximum atomic E-state index is 12.9. The summed E-state index contributed by atoms with van der Waals surface area (Å²) in [5.41, 5.74) is -0.963. The Balaban J connectivity index is 1.76. The number of carbonyl (C=O) groups excluding carboxylic acids is 1. The Kier molecular flexibility index (Phi) is 5.62. The number of halogens is 5. The van der Waals surface area contributed by atoms with Crippen LogP contribution in [0.15, 0.2) is 42.5 Å². The lowest BCUT2D eigenvalue weighted by molar-refractivity contribution is -0.137. The van der Waals surface area contributed by atoms with E-state index in [0.29, 0.717) is 5.02 Å². The first kappa shape index (κ1) is 19.9. The first-order chi connectivity index (χ1) is 12.7. The van der Waals surface area contributed by atoms with Gasteiger partial charge in [0.25, 0.3) is 5.91 Å². The molecule has 0 saturated heterocycles. The molecule has 3 rings (SSSR count). The van der Waals surface area contributed by atoms with E-state index in [1.807, 2.05) is 12.1 Å². The van der Waals surface area contributed by atoms with E-state index in [1.54, 1.807) is 12.1 Å². The first-order valence-electron chi connectivity index (χ1n) is 7.33. The van der Waals surface area contributed by atoms with Crippen LogP contribution in [0.5, 0.6) is 0 Å². The van der Waals surface area contributed by atoms with Gasteiger partial charge in [-0.2, -0.15) is 13.2 Å². The molecule has 0 saturated carbocycles. The summed E-state index contributed by atoms with van der Waals surface area (Å²) in [6.07, 6.45) is -4.61. The van der Waals surface area contributed by atoms with E-state index in [0.717, 1.165) is 22.2 Å². The third-order valence-electron chi connectivity index (χ3n) is 3.50. The smallest absolute Gasteiger partial charge is 0.332 e.